The summed E-state index contributed by atoms with van der Waals surface area (Å²) in [5, 5.41) is 2.82. The van der Waals surface area contributed by atoms with E-state index >= 15 is 0 Å². The largest absolute Gasteiger partial charge is 0.422 e. The van der Waals surface area contributed by atoms with Crippen LogP contribution in [0, 0.1) is 0 Å². The predicted octanol–water partition coefficient (Wildman–Crippen LogP) is 6.69. The maximum atomic E-state index is 12.4. The Morgan fingerprint density at radius 2 is 1.29 bits per heavy atom. The second-order valence-electron chi connectivity index (χ2n) is 7.88. The maximum Gasteiger partial charge on any atom is 0.338 e. The number of aryl methyl sites for hydroxylation is 1. The Morgan fingerprint density at radius 3 is 1.81 bits per heavy atom. The van der Waals surface area contributed by atoms with Crippen molar-refractivity contribution in [3.8, 4) is 11.5 Å². The molecule has 160 valence electrons. The van der Waals surface area contributed by atoms with Crippen molar-refractivity contribution in [2.75, 3.05) is 0 Å². The zero-order chi connectivity index (χ0) is 22.5. The summed E-state index contributed by atoms with van der Waals surface area (Å²) in [5.41, 5.74) is 1.77. The van der Waals surface area contributed by atoms with Crippen molar-refractivity contribution in [1.29, 1.82) is 0 Å². The molecule has 0 atom stereocenters. The van der Waals surface area contributed by atoms with Crippen molar-refractivity contribution < 1.29 is 19.1 Å². The molecule has 0 amide bonds. The smallest absolute Gasteiger partial charge is 0.338 e. The Bertz CT molecular complexity index is 1190. The third-order valence-corrected chi connectivity index (χ3v) is 5.14. The minimum Gasteiger partial charge on any atom is -0.422 e. The number of rotatable bonds is 8. The summed E-state index contributed by atoms with van der Waals surface area (Å²) in [4.78, 5) is 24.8. The average Bonchev–Trinajstić information content (AvgIpc) is 2.75. The Kier molecular flexibility index (Phi) is 6.91. The van der Waals surface area contributed by atoms with E-state index in [0.29, 0.717) is 38.8 Å². The van der Waals surface area contributed by atoms with E-state index in [9.17, 15) is 9.59 Å². The molecule has 4 nitrogen and oxygen atoms in total. The van der Waals surface area contributed by atoms with Gasteiger partial charge in [-0.2, -0.15) is 0 Å². The summed E-state index contributed by atoms with van der Waals surface area (Å²) in [7, 11) is 0. The number of carbonyl (C=O) groups excluding carboxylic acids is 2. The zero-order valence-electron chi connectivity index (χ0n) is 18.4. The number of fused-ring (bicyclic) bond motifs is 2. The van der Waals surface area contributed by atoms with Crippen molar-refractivity contribution in [3.63, 3.8) is 0 Å². The average molecular weight is 417 g/mol. The highest BCUT2D eigenvalue weighted by Gasteiger charge is 2.21. The first-order valence-electron chi connectivity index (χ1n) is 10.6. The van der Waals surface area contributed by atoms with Gasteiger partial charge in [0.2, 0.25) is 0 Å². The third kappa shape index (κ3) is 4.85. The molecule has 0 unspecified atom stereocenters. The first-order chi connectivity index (χ1) is 14.8. The molecule has 0 N–H and O–H groups in total. The molecule has 0 saturated heterocycles. The van der Waals surface area contributed by atoms with Crippen LogP contribution in [-0.2, 0) is 16.0 Å². The highest BCUT2D eigenvalue weighted by molar-refractivity contribution is 6.13. The van der Waals surface area contributed by atoms with Gasteiger partial charge < -0.3 is 9.47 Å². The van der Waals surface area contributed by atoms with E-state index in [2.05, 4.69) is 20.1 Å². The number of unbranched alkanes of at least 4 members (excludes halogenated alkanes) is 2. The van der Waals surface area contributed by atoms with Crippen LogP contribution in [-0.4, -0.2) is 11.9 Å². The van der Waals surface area contributed by atoms with Crippen LogP contribution in [0.25, 0.3) is 21.5 Å². The summed E-state index contributed by atoms with van der Waals surface area (Å²) in [6.45, 7) is 12.8. The van der Waals surface area contributed by atoms with Crippen LogP contribution >= 0.6 is 0 Å². The fourth-order valence-electron chi connectivity index (χ4n) is 3.46. The van der Waals surface area contributed by atoms with Gasteiger partial charge in [-0.1, -0.05) is 69.3 Å². The molecule has 0 aromatic heterocycles. The Balaban J connectivity index is 2.29. The highest BCUT2D eigenvalue weighted by atomic mass is 16.5. The molecule has 3 rings (SSSR count). The van der Waals surface area contributed by atoms with Crippen molar-refractivity contribution in [2.45, 2.75) is 46.5 Å². The maximum absolute atomic E-state index is 12.4. The fraction of sp³-hybridized carbons (Fsp3) is 0.259. The molecular weight excluding hydrogens is 388 g/mol. The molecule has 0 fully saturated rings. The fourth-order valence-corrected chi connectivity index (χ4v) is 3.46. The normalized spacial score (nSPS) is 10.8. The lowest BCUT2D eigenvalue weighted by Crippen LogP contribution is -2.11. The van der Waals surface area contributed by atoms with Crippen molar-refractivity contribution in [2.24, 2.45) is 0 Å². The van der Waals surface area contributed by atoms with Gasteiger partial charge in [-0.25, -0.2) is 9.59 Å². The Morgan fingerprint density at radius 1 is 0.774 bits per heavy atom. The molecule has 0 bridgehead atoms. The molecule has 0 heterocycles. The molecule has 0 aliphatic carbocycles. The molecule has 0 saturated carbocycles. The monoisotopic (exact) mass is 416 g/mol. The van der Waals surface area contributed by atoms with Crippen LogP contribution in [0.2, 0.25) is 0 Å². The lowest BCUT2D eigenvalue weighted by Gasteiger charge is -2.17. The second kappa shape index (κ2) is 9.61. The second-order valence-corrected chi connectivity index (χ2v) is 7.88. The van der Waals surface area contributed by atoms with E-state index in [1.54, 1.807) is 13.8 Å². The predicted molar refractivity (Wildman–Crippen MR) is 126 cm³/mol. The molecule has 0 spiro atoms. The summed E-state index contributed by atoms with van der Waals surface area (Å²) >= 11 is 0. The van der Waals surface area contributed by atoms with E-state index in [4.69, 9.17) is 9.47 Å². The molecule has 31 heavy (non-hydrogen) atoms. The summed E-state index contributed by atoms with van der Waals surface area (Å²) < 4.78 is 11.5. The topological polar surface area (TPSA) is 52.6 Å². The van der Waals surface area contributed by atoms with E-state index in [1.165, 1.54) is 0 Å². The van der Waals surface area contributed by atoms with Crippen molar-refractivity contribution in [3.05, 3.63) is 72.3 Å². The number of benzene rings is 3. The van der Waals surface area contributed by atoms with Crippen LogP contribution in [0.15, 0.2) is 66.8 Å². The highest BCUT2D eigenvalue weighted by Crippen LogP contribution is 2.43. The first-order valence-corrected chi connectivity index (χ1v) is 10.6. The zero-order valence-corrected chi connectivity index (χ0v) is 18.4. The van der Waals surface area contributed by atoms with Gasteiger partial charge in [0.1, 0.15) is 11.5 Å². The van der Waals surface area contributed by atoms with Crippen LogP contribution in [0.1, 0.15) is 45.6 Å². The number of esters is 2. The van der Waals surface area contributed by atoms with Gasteiger partial charge in [-0.05, 0) is 38.3 Å². The summed E-state index contributed by atoms with van der Waals surface area (Å²) in [6.07, 6.45) is 4.29. The Labute approximate surface area is 183 Å². The van der Waals surface area contributed by atoms with Gasteiger partial charge in [0.25, 0.3) is 0 Å². The molecule has 3 aromatic rings. The van der Waals surface area contributed by atoms with Crippen LogP contribution < -0.4 is 9.47 Å². The van der Waals surface area contributed by atoms with Crippen LogP contribution in [0.3, 0.4) is 0 Å². The van der Waals surface area contributed by atoms with Gasteiger partial charge in [0.15, 0.2) is 0 Å². The number of ether oxygens (including phenoxy) is 2. The van der Waals surface area contributed by atoms with Crippen LogP contribution in [0.5, 0.6) is 11.5 Å². The van der Waals surface area contributed by atoms with E-state index in [0.717, 1.165) is 36.6 Å². The van der Waals surface area contributed by atoms with Gasteiger partial charge >= 0.3 is 11.9 Å². The summed E-state index contributed by atoms with van der Waals surface area (Å²) in [6, 6.07) is 13.4. The van der Waals surface area contributed by atoms with Crippen molar-refractivity contribution in [1.82, 2.24) is 0 Å². The quantitative estimate of drug-likeness (QED) is 0.135. The van der Waals surface area contributed by atoms with Gasteiger partial charge in [0, 0.05) is 32.7 Å². The minimum absolute atomic E-state index is 0.311. The molecule has 0 aliphatic heterocycles. The third-order valence-electron chi connectivity index (χ3n) is 5.14. The first kappa shape index (κ1) is 22.3. The lowest BCUT2D eigenvalue weighted by molar-refractivity contribution is -0.130. The van der Waals surface area contributed by atoms with Crippen molar-refractivity contribution >= 4 is 33.5 Å². The van der Waals surface area contributed by atoms with Gasteiger partial charge in [-0.3, -0.25) is 0 Å². The van der Waals surface area contributed by atoms with E-state index < -0.39 is 11.9 Å². The molecular formula is C27H28O4. The van der Waals surface area contributed by atoms with Crippen LogP contribution in [0.4, 0.5) is 0 Å². The van der Waals surface area contributed by atoms with Gasteiger partial charge in [-0.15, -0.1) is 0 Å². The minimum atomic E-state index is -0.495. The number of hydrogen-bond acceptors (Lipinski definition) is 4. The molecule has 4 heteroatoms. The van der Waals surface area contributed by atoms with E-state index in [-0.39, 0.29) is 0 Å². The molecule has 3 aromatic carbocycles. The Hall–Kier alpha value is -3.40. The standard InChI is InChI=1S/C27H28O4/c1-6-7-8-11-19-14-15-22-23(16-19)25(31-27(29)18(4)5)21-13-10-9-12-20(21)24(22)30-26(28)17(2)3/h9-10,12-16H,2,4,6-8,11H2,1,3,5H3. The molecule has 0 aliphatic rings. The molecule has 0 radical (unpaired) electrons. The SMILES string of the molecule is C=C(C)C(=O)Oc1c2ccccc2c(OC(=O)C(=C)C)c2cc(CCCCC)ccc12. The van der Waals surface area contributed by atoms with Gasteiger partial charge in [0.05, 0.1) is 0 Å². The number of hydrogen-bond donors (Lipinski definition) is 0. The number of carbonyl (C=O) groups is 2. The lowest BCUT2D eigenvalue weighted by atomic mass is 9.97. The van der Waals surface area contributed by atoms with E-state index in [1.807, 2.05) is 42.5 Å². The summed E-state index contributed by atoms with van der Waals surface area (Å²) in [5.74, 6) is -0.0976.